The van der Waals surface area contributed by atoms with Gasteiger partial charge >= 0.3 is 6.18 Å². The molecule has 10 heteroatoms. The number of benzene rings is 2. The second-order valence-electron chi connectivity index (χ2n) is 5.26. The van der Waals surface area contributed by atoms with Gasteiger partial charge in [0, 0.05) is 11.8 Å². The largest absolute Gasteiger partial charge is 0.416 e. The molecule has 0 unspecified atom stereocenters. The zero-order chi connectivity index (χ0) is 18.2. The molecule has 3 aromatic rings. The summed E-state index contributed by atoms with van der Waals surface area (Å²) in [5, 5.41) is 11.2. The Morgan fingerprint density at radius 1 is 0.960 bits per heavy atom. The van der Waals surface area contributed by atoms with Crippen molar-refractivity contribution in [3.8, 4) is 17.1 Å². The highest BCUT2D eigenvalue weighted by Crippen LogP contribution is 2.30. The molecule has 130 valence electrons. The number of alkyl halides is 3. The van der Waals surface area contributed by atoms with Crippen LogP contribution in [0.4, 0.5) is 13.2 Å². The lowest BCUT2D eigenvalue weighted by Crippen LogP contribution is -2.05. The smallest absolute Gasteiger partial charge is 0.224 e. The van der Waals surface area contributed by atoms with Crippen LogP contribution in [-0.4, -0.2) is 34.9 Å². The molecule has 0 saturated carbocycles. The van der Waals surface area contributed by atoms with E-state index in [1.807, 2.05) is 0 Å². The van der Waals surface area contributed by atoms with Gasteiger partial charge in [-0.25, -0.2) is 8.42 Å². The van der Waals surface area contributed by atoms with Crippen LogP contribution in [0.2, 0.25) is 0 Å². The SMILES string of the molecule is CS(=O)(=O)c1ccc(-n2nnnc2-c2ccc(C(F)(F)F)cc2)cc1. The summed E-state index contributed by atoms with van der Waals surface area (Å²) in [5.41, 5.74) is 0.102. The Balaban J connectivity index is 1.98. The molecule has 0 aliphatic carbocycles. The molecule has 1 heterocycles. The summed E-state index contributed by atoms with van der Waals surface area (Å²) in [6.45, 7) is 0. The van der Waals surface area contributed by atoms with E-state index in [-0.39, 0.29) is 10.7 Å². The maximum Gasteiger partial charge on any atom is 0.416 e. The van der Waals surface area contributed by atoms with E-state index in [1.54, 1.807) is 0 Å². The Bertz CT molecular complexity index is 995. The first-order valence-electron chi connectivity index (χ1n) is 6.93. The Hall–Kier alpha value is -2.75. The van der Waals surface area contributed by atoms with Crippen molar-refractivity contribution in [2.45, 2.75) is 11.1 Å². The van der Waals surface area contributed by atoms with Gasteiger partial charge in [0.1, 0.15) is 0 Å². The van der Waals surface area contributed by atoms with Gasteiger partial charge in [-0.2, -0.15) is 17.9 Å². The minimum absolute atomic E-state index is 0.139. The van der Waals surface area contributed by atoms with E-state index in [0.717, 1.165) is 18.4 Å². The molecule has 25 heavy (non-hydrogen) atoms. The fraction of sp³-hybridized carbons (Fsp3) is 0.133. The Kier molecular flexibility index (Phi) is 4.07. The first kappa shape index (κ1) is 17.1. The van der Waals surface area contributed by atoms with Gasteiger partial charge in [0.25, 0.3) is 0 Å². The number of nitrogens with zero attached hydrogens (tertiary/aromatic N) is 4. The molecular formula is C15H11F3N4O2S. The molecule has 0 saturated heterocycles. The van der Waals surface area contributed by atoms with Crippen LogP contribution < -0.4 is 0 Å². The highest BCUT2D eigenvalue weighted by molar-refractivity contribution is 7.90. The third kappa shape index (κ3) is 3.53. The molecule has 2 aromatic carbocycles. The van der Waals surface area contributed by atoms with Gasteiger partial charge in [0.05, 0.1) is 16.1 Å². The number of aromatic nitrogens is 4. The summed E-state index contributed by atoms with van der Waals surface area (Å²) >= 11 is 0. The normalized spacial score (nSPS) is 12.3. The topological polar surface area (TPSA) is 77.7 Å². The number of halogens is 3. The predicted molar refractivity (Wildman–Crippen MR) is 82.7 cm³/mol. The molecule has 0 fully saturated rings. The van der Waals surface area contributed by atoms with Crippen LogP contribution in [0.25, 0.3) is 17.1 Å². The average Bonchev–Trinajstić information content (AvgIpc) is 3.03. The molecule has 0 atom stereocenters. The summed E-state index contributed by atoms with van der Waals surface area (Å²) in [5.74, 6) is 0.237. The van der Waals surface area contributed by atoms with Crippen LogP contribution in [0.5, 0.6) is 0 Å². The number of hydrogen-bond acceptors (Lipinski definition) is 5. The van der Waals surface area contributed by atoms with Gasteiger partial charge in [0.2, 0.25) is 0 Å². The lowest BCUT2D eigenvalue weighted by atomic mass is 10.1. The number of tetrazole rings is 1. The van der Waals surface area contributed by atoms with Crippen LogP contribution >= 0.6 is 0 Å². The summed E-state index contributed by atoms with van der Waals surface area (Å²) in [7, 11) is -3.34. The van der Waals surface area contributed by atoms with Gasteiger partial charge in [-0.3, -0.25) is 0 Å². The minimum atomic E-state index is -4.42. The van der Waals surface area contributed by atoms with Crippen LogP contribution in [0.3, 0.4) is 0 Å². The van der Waals surface area contributed by atoms with E-state index in [2.05, 4.69) is 15.5 Å². The van der Waals surface area contributed by atoms with Gasteiger partial charge < -0.3 is 0 Å². The standard InChI is InChI=1S/C15H11F3N4O2S/c1-25(23,24)13-8-6-12(7-9-13)22-14(19-20-21-22)10-2-4-11(5-3-10)15(16,17)18/h2-9H,1H3. The highest BCUT2D eigenvalue weighted by atomic mass is 32.2. The van der Waals surface area contributed by atoms with E-state index in [4.69, 9.17) is 0 Å². The quantitative estimate of drug-likeness (QED) is 0.710. The van der Waals surface area contributed by atoms with Crippen molar-refractivity contribution in [1.29, 1.82) is 0 Å². The van der Waals surface area contributed by atoms with Crippen molar-refractivity contribution in [2.75, 3.05) is 6.26 Å². The molecule has 0 N–H and O–H groups in total. The first-order chi connectivity index (χ1) is 11.7. The van der Waals surface area contributed by atoms with Crippen LogP contribution in [0, 0.1) is 0 Å². The summed E-state index contributed by atoms with van der Waals surface area (Å²) in [6.07, 6.45) is -3.33. The van der Waals surface area contributed by atoms with Gasteiger partial charge in [-0.05, 0) is 46.8 Å². The zero-order valence-electron chi connectivity index (χ0n) is 12.8. The van der Waals surface area contributed by atoms with Crippen molar-refractivity contribution < 1.29 is 21.6 Å². The molecule has 0 bridgehead atoms. The zero-order valence-corrected chi connectivity index (χ0v) is 13.6. The van der Waals surface area contributed by atoms with Crippen molar-refractivity contribution in [3.05, 3.63) is 54.1 Å². The van der Waals surface area contributed by atoms with Crippen molar-refractivity contribution in [1.82, 2.24) is 20.2 Å². The second kappa shape index (κ2) is 5.96. The molecule has 0 aliphatic rings. The van der Waals surface area contributed by atoms with Crippen LogP contribution in [0.1, 0.15) is 5.56 Å². The van der Waals surface area contributed by atoms with Crippen molar-refractivity contribution in [3.63, 3.8) is 0 Å². The summed E-state index contributed by atoms with van der Waals surface area (Å²) in [6, 6.07) is 10.3. The van der Waals surface area contributed by atoms with E-state index in [1.165, 1.54) is 41.1 Å². The lowest BCUT2D eigenvalue weighted by molar-refractivity contribution is -0.137. The summed E-state index contributed by atoms with van der Waals surface area (Å²) in [4.78, 5) is 0.139. The number of sulfone groups is 1. The minimum Gasteiger partial charge on any atom is -0.224 e. The Morgan fingerprint density at radius 3 is 2.08 bits per heavy atom. The molecule has 0 amide bonds. The fourth-order valence-corrected chi connectivity index (χ4v) is 2.81. The number of hydrogen-bond donors (Lipinski definition) is 0. The maximum absolute atomic E-state index is 12.6. The fourth-order valence-electron chi connectivity index (χ4n) is 2.18. The first-order valence-corrected chi connectivity index (χ1v) is 8.82. The summed E-state index contributed by atoms with van der Waals surface area (Å²) < 4.78 is 62.2. The monoisotopic (exact) mass is 368 g/mol. The third-order valence-corrected chi connectivity index (χ3v) is 4.58. The van der Waals surface area contributed by atoms with Crippen LogP contribution in [0.15, 0.2) is 53.4 Å². The molecule has 0 radical (unpaired) electrons. The maximum atomic E-state index is 12.6. The molecule has 0 spiro atoms. The van der Waals surface area contributed by atoms with Crippen LogP contribution in [-0.2, 0) is 16.0 Å². The van der Waals surface area contributed by atoms with E-state index < -0.39 is 21.6 Å². The molecule has 0 aliphatic heterocycles. The molecule has 6 nitrogen and oxygen atoms in total. The van der Waals surface area contributed by atoms with Crippen molar-refractivity contribution >= 4 is 9.84 Å². The van der Waals surface area contributed by atoms with Gasteiger partial charge in [-0.15, -0.1) is 5.10 Å². The molecular weight excluding hydrogens is 357 g/mol. The van der Waals surface area contributed by atoms with E-state index in [0.29, 0.717) is 11.3 Å². The second-order valence-corrected chi connectivity index (χ2v) is 7.27. The average molecular weight is 368 g/mol. The lowest BCUT2D eigenvalue weighted by Gasteiger charge is -2.08. The van der Waals surface area contributed by atoms with Gasteiger partial charge in [0.15, 0.2) is 15.7 Å². The van der Waals surface area contributed by atoms with E-state index >= 15 is 0 Å². The van der Waals surface area contributed by atoms with E-state index in [9.17, 15) is 21.6 Å². The van der Waals surface area contributed by atoms with Gasteiger partial charge in [-0.1, -0.05) is 12.1 Å². The Morgan fingerprint density at radius 2 is 1.56 bits per heavy atom. The molecule has 3 rings (SSSR count). The predicted octanol–water partition coefficient (Wildman–Crippen LogP) is 2.75. The van der Waals surface area contributed by atoms with Crippen molar-refractivity contribution in [2.24, 2.45) is 0 Å². The Labute approximate surface area is 140 Å². The third-order valence-electron chi connectivity index (χ3n) is 3.45. The highest BCUT2D eigenvalue weighted by Gasteiger charge is 2.30. The number of rotatable bonds is 3. The molecule has 1 aromatic heterocycles.